The summed E-state index contributed by atoms with van der Waals surface area (Å²) in [6.45, 7) is 1.96. The van der Waals surface area contributed by atoms with Gasteiger partial charge in [0.05, 0.1) is 11.4 Å². The maximum absolute atomic E-state index is 6.26. The molecular weight excluding hydrogens is 372 g/mol. The molecule has 0 bridgehead atoms. The molecular formula is C24H26N6. The van der Waals surface area contributed by atoms with Gasteiger partial charge in [0.15, 0.2) is 5.65 Å². The third-order valence-corrected chi connectivity index (χ3v) is 5.91. The molecule has 2 aromatic heterocycles. The lowest BCUT2D eigenvalue weighted by molar-refractivity contribution is 0.354. The Balaban J connectivity index is 1.45. The van der Waals surface area contributed by atoms with Crippen molar-refractivity contribution >= 4 is 16.9 Å². The summed E-state index contributed by atoms with van der Waals surface area (Å²) in [4.78, 5) is 8.76. The molecule has 4 aromatic rings. The number of nitrogens with one attached hydrogen (secondary N) is 1. The number of fused-ring (bicyclic) bond motifs is 1. The minimum absolute atomic E-state index is 0.287. The zero-order chi connectivity index (χ0) is 20.3. The zero-order valence-electron chi connectivity index (χ0n) is 17.0. The summed E-state index contributed by atoms with van der Waals surface area (Å²) in [7, 11) is 0. The highest BCUT2D eigenvalue weighted by molar-refractivity contribution is 5.98. The van der Waals surface area contributed by atoms with Crippen LogP contribution in [0.4, 0.5) is 5.82 Å². The first-order valence-electron chi connectivity index (χ1n) is 10.6. The van der Waals surface area contributed by atoms with Crippen LogP contribution in [0.15, 0.2) is 60.9 Å². The van der Waals surface area contributed by atoms with Crippen LogP contribution in [-0.4, -0.2) is 32.8 Å². The molecule has 1 aliphatic rings. The Hall–Kier alpha value is -3.25. The van der Waals surface area contributed by atoms with Crippen LogP contribution in [0.2, 0.25) is 0 Å². The predicted molar refractivity (Wildman–Crippen MR) is 120 cm³/mol. The second kappa shape index (κ2) is 8.24. The summed E-state index contributed by atoms with van der Waals surface area (Å²) in [6, 6.07) is 19.5. The molecule has 0 aliphatic carbocycles. The monoisotopic (exact) mass is 398 g/mol. The van der Waals surface area contributed by atoms with Gasteiger partial charge in [0.25, 0.3) is 0 Å². The van der Waals surface area contributed by atoms with E-state index in [2.05, 4.69) is 69.9 Å². The molecule has 152 valence electrons. The molecule has 0 amide bonds. The van der Waals surface area contributed by atoms with E-state index in [9.17, 15) is 0 Å². The molecule has 1 atom stereocenters. The molecule has 6 nitrogen and oxygen atoms in total. The summed E-state index contributed by atoms with van der Waals surface area (Å²) < 4.78 is 2.04. The number of nitrogens with zero attached hydrogens (tertiary/aromatic N) is 4. The first-order chi connectivity index (χ1) is 14.8. The number of benzene rings is 2. The number of piperidine rings is 1. The highest BCUT2D eigenvalue weighted by Gasteiger charge is 2.23. The normalized spacial score (nSPS) is 16.7. The summed E-state index contributed by atoms with van der Waals surface area (Å²) in [5.74, 6) is 0.484. The Morgan fingerprint density at radius 1 is 0.967 bits per heavy atom. The number of hydrogen-bond acceptors (Lipinski definition) is 5. The highest BCUT2D eigenvalue weighted by atomic mass is 15.3. The van der Waals surface area contributed by atoms with E-state index in [0.29, 0.717) is 5.82 Å². The Bertz CT molecular complexity index is 1130. The van der Waals surface area contributed by atoms with E-state index in [-0.39, 0.29) is 6.04 Å². The summed E-state index contributed by atoms with van der Waals surface area (Å²) in [6.07, 6.45) is 5.80. The Morgan fingerprint density at radius 2 is 1.73 bits per heavy atom. The third kappa shape index (κ3) is 3.66. The third-order valence-electron chi connectivity index (χ3n) is 5.91. The van der Waals surface area contributed by atoms with Gasteiger partial charge in [-0.25, -0.2) is 14.6 Å². The molecule has 3 N–H and O–H groups in total. The van der Waals surface area contributed by atoms with E-state index in [0.717, 1.165) is 61.1 Å². The average Bonchev–Trinajstić information content (AvgIpc) is 3.20. The zero-order valence-corrected chi connectivity index (χ0v) is 17.0. The van der Waals surface area contributed by atoms with Crippen LogP contribution in [0.25, 0.3) is 22.3 Å². The fourth-order valence-corrected chi connectivity index (χ4v) is 4.26. The maximum Gasteiger partial charge on any atom is 0.164 e. The van der Waals surface area contributed by atoms with Crippen molar-refractivity contribution in [2.24, 2.45) is 0 Å². The molecule has 1 aliphatic heterocycles. The van der Waals surface area contributed by atoms with Gasteiger partial charge in [0, 0.05) is 12.1 Å². The maximum atomic E-state index is 6.26. The molecule has 0 spiro atoms. The van der Waals surface area contributed by atoms with Crippen molar-refractivity contribution in [2.75, 3.05) is 18.8 Å². The number of aryl methyl sites for hydroxylation is 2. The van der Waals surface area contributed by atoms with Gasteiger partial charge in [-0.1, -0.05) is 54.6 Å². The minimum Gasteiger partial charge on any atom is -0.383 e. The molecule has 1 fully saturated rings. The molecule has 2 aromatic carbocycles. The number of nitrogens with two attached hydrogens (primary N) is 1. The van der Waals surface area contributed by atoms with Crippen molar-refractivity contribution in [3.63, 3.8) is 0 Å². The van der Waals surface area contributed by atoms with E-state index in [1.807, 2.05) is 4.68 Å². The van der Waals surface area contributed by atoms with Gasteiger partial charge in [-0.3, -0.25) is 0 Å². The van der Waals surface area contributed by atoms with Gasteiger partial charge in [-0.15, -0.1) is 0 Å². The van der Waals surface area contributed by atoms with E-state index in [4.69, 9.17) is 10.8 Å². The smallest absolute Gasteiger partial charge is 0.164 e. The lowest BCUT2D eigenvalue weighted by atomic mass is 10.0. The molecule has 0 radical (unpaired) electrons. The lowest BCUT2D eigenvalue weighted by Crippen LogP contribution is -2.32. The van der Waals surface area contributed by atoms with Crippen molar-refractivity contribution in [2.45, 2.75) is 31.7 Å². The molecule has 1 saturated heterocycles. The topological polar surface area (TPSA) is 81.7 Å². The number of anilines is 1. The average molecular weight is 399 g/mol. The van der Waals surface area contributed by atoms with E-state index in [1.54, 1.807) is 0 Å². The molecule has 0 saturated carbocycles. The largest absolute Gasteiger partial charge is 0.383 e. The molecule has 5 rings (SSSR count). The van der Waals surface area contributed by atoms with Gasteiger partial charge in [-0.2, -0.15) is 5.10 Å². The van der Waals surface area contributed by atoms with Crippen LogP contribution in [-0.2, 0) is 12.8 Å². The fourth-order valence-electron chi connectivity index (χ4n) is 4.26. The number of aromatic nitrogens is 4. The number of hydrogen-bond donors (Lipinski definition) is 2. The summed E-state index contributed by atoms with van der Waals surface area (Å²) in [5, 5.41) is 9.27. The van der Waals surface area contributed by atoms with Crippen molar-refractivity contribution in [1.29, 1.82) is 0 Å². The fraction of sp³-hybridized carbons (Fsp3) is 0.292. The quantitative estimate of drug-likeness (QED) is 0.535. The molecule has 30 heavy (non-hydrogen) atoms. The second-order valence-electron chi connectivity index (χ2n) is 7.93. The van der Waals surface area contributed by atoms with E-state index < -0.39 is 0 Å². The first-order valence-corrected chi connectivity index (χ1v) is 10.6. The Kier molecular flexibility index (Phi) is 5.15. The Morgan fingerprint density at radius 3 is 2.47 bits per heavy atom. The predicted octanol–water partition coefficient (Wildman–Crippen LogP) is 3.79. The van der Waals surface area contributed by atoms with Crippen LogP contribution in [0.1, 0.15) is 30.0 Å². The SMILES string of the molecule is Nc1ncnc2c1c(-c1ccc(CCc3ccccc3)cc1)nn2[C@@H]1CCCNC1. The van der Waals surface area contributed by atoms with Crippen molar-refractivity contribution < 1.29 is 0 Å². The van der Waals surface area contributed by atoms with Crippen LogP contribution in [0, 0.1) is 0 Å². The van der Waals surface area contributed by atoms with Gasteiger partial charge < -0.3 is 11.1 Å². The van der Waals surface area contributed by atoms with Gasteiger partial charge in [-0.05, 0) is 43.4 Å². The molecule has 3 heterocycles. The van der Waals surface area contributed by atoms with E-state index in [1.165, 1.54) is 17.5 Å². The first kappa shape index (κ1) is 18.8. The van der Waals surface area contributed by atoms with Crippen LogP contribution in [0.5, 0.6) is 0 Å². The standard InChI is InChI=1S/C24H26N6/c25-23-21-22(29-30(24(21)28-16-27-23)20-7-4-14-26-15-20)19-12-10-18(11-13-19)9-8-17-5-2-1-3-6-17/h1-3,5-6,10-13,16,20,26H,4,7-9,14-15H2,(H2,25,27,28)/t20-/m1/s1. The lowest BCUT2D eigenvalue weighted by Gasteiger charge is -2.23. The molecule has 0 unspecified atom stereocenters. The van der Waals surface area contributed by atoms with Crippen molar-refractivity contribution in [3.05, 3.63) is 72.1 Å². The molecule has 6 heteroatoms. The van der Waals surface area contributed by atoms with E-state index >= 15 is 0 Å². The van der Waals surface area contributed by atoms with Gasteiger partial charge in [0.2, 0.25) is 0 Å². The number of nitrogen functional groups attached to an aromatic ring is 1. The Labute approximate surface area is 176 Å². The van der Waals surface area contributed by atoms with Gasteiger partial charge >= 0.3 is 0 Å². The van der Waals surface area contributed by atoms with Crippen molar-refractivity contribution in [1.82, 2.24) is 25.1 Å². The number of rotatable bonds is 5. The highest BCUT2D eigenvalue weighted by Crippen LogP contribution is 2.33. The van der Waals surface area contributed by atoms with Crippen LogP contribution in [0.3, 0.4) is 0 Å². The summed E-state index contributed by atoms with van der Waals surface area (Å²) >= 11 is 0. The summed E-state index contributed by atoms with van der Waals surface area (Å²) in [5.41, 5.74) is 11.7. The van der Waals surface area contributed by atoms with Crippen LogP contribution >= 0.6 is 0 Å². The van der Waals surface area contributed by atoms with Crippen molar-refractivity contribution in [3.8, 4) is 11.3 Å². The second-order valence-corrected chi connectivity index (χ2v) is 7.93. The van der Waals surface area contributed by atoms with Gasteiger partial charge in [0.1, 0.15) is 17.8 Å². The van der Waals surface area contributed by atoms with Crippen LogP contribution < -0.4 is 11.1 Å². The minimum atomic E-state index is 0.287.